The van der Waals surface area contributed by atoms with Gasteiger partial charge in [-0.3, -0.25) is 9.59 Å². The van der Waals surface area contributed by atoms with Crippen molar-refractivity contribution < 1.29 is 4.79 Å². The maximum Gasteiger partial charge on any atom is 0.260 e. The Kier molecular flexibility index (Phi) is 7.05. The van der Waals surface area contributed by atoms with E-state index in [0.717, 1.165) is 22.3 Å². The summed E-state index contributed by atoms with van der Waals surface area (Å²) in [5.41, 5.74) is 7.47. The number of aromatic nitrogens is 2. The van der Waals surface area contributed by atoms with Crippen LogP contribution in [0.2, 0.25) is 0 Å². The molecule has 0 unspecified atom stereocenters. The van der Waals surface area contributed by atoms with Crippen LogP contribution in [0.25, 0.3) is 21.3 Å². The number of thioether (sulfide) groups is 1. The maximum atomic E-state index is 12.8. The summed E-state index contributed by atoms with van der Waals surface area (Å²) in [6.45, 7) is 6.32. The molecule has 2 N–H and O–H groups in total. The quantitative estimate of drug-likeness (QED) is 0.163. The van der Waals surface area contributed by atoms with Gasteiger partial charge in [-0.2, -0.15) is 5.10 Å². The molecule has 0 radical (unpaired) electrons. The standard InChI is InChI=1S/C25H24N4O2S2/c1-15(2)18-8-10-19(11-9-18)20-13-32-24-22(20)23(31)27-25(28-24)33-14-21(30)29-26-12-17-6-4-16(3)5-7-17/h4-13,15H,14H2,1-3H3,(H,29,30)(H,27,28,31)/b26-12+. The van der Waals surface area contributed by atoms with Crippen LogP contribution in [0, 0.1) is 6.92 Å². The average Bonchev–Trinajstić information content (AvgIpc) is 3.24. The first kappa shape index (κ1) is 22.9. The lowest BCUT2D eigenvalue weighted by atomic mass is 9.99. The minimum atomic E-state index is -0.275. The maximum absolute atomic E-state index is 12.8. The van der Waals surface area contributed by atoms with Gasteiger partial charge in [-0.15, -0.1) is 11.3 Å². The molecule has 0 bridgehead atoms. The highest BCUT2D eigenvalue weighted by Gasteiger charge is 2.14. The van der Waals surface area contributed by atoms with Gasteiger partial charge in [0.15, 0.2) is 5.16 Å². The molecule has 4 rings (SSSR count). The van der Waals surface area contributed by atoms with E-state index in [1.165, 1.54) is 28.7 Å². The predicted molar refractivity (Wildman–Crippen MR) is 137 cm³/mol. The van der Waals surface area contributed by atoms with Crippen LogP contribution in [-0.4, -0.2) is 27.8 Å². The monoisotopic (exact) mass is 476 g/mol. The van der Waals surface area contributed by atoms with Gasteiger partial charge in [-0.1, -0.05) is 79.7 Å². The lowest BCUT2D eigenvalue weighted by Gasteiger charge is -2.06. The van der Waals surface area contributed by atoms with E-state index in [1.807, 2.05) is 48.7 Å². The second-order valence-electron chi connectivity index (χ2n) is 7.97. The third-order valence-corrected chi connectivity index (χ3v) is 6.88. The normalized spacial score (nSPS) is 11.5. The van der Waals surface area contributed by atoms with Crippen LogP contribution in [0.15, 0.2) is 69.0 Å². The summed E-state index contributed by atoms with van der Waals surface area (Å²) >= 11 is 2.60. The third kappa shape index (κ3) is 5.58. The van der Waals surface area contributed by atoms with Crippen molar-refractivity contribution in [2.75, 3.05) is 5.75 Å². The second-order valence-corrected chi connectivity index (χ2v) is 9.79. The van der Waals surface area contributed by atoms with E-state index in [0.29, 0.717) is 21.3 Å². The van der Waals surface area contributed by atoms with Gasteiger partial charge < -0.3 is 4.98 Å². The zero-order valence-electron chi connectivity index (χ0n) is 18.6. The summed E-state index contributed by atoms with van der Waals surface area (Å²) in [7, 11) is 0. The number of nitrogens with one attached hydrogen (secondary N) is 2. The molecule has 0 fully saturated rings. The molecule has 0 aliphatic carbocycles. The highest BCUT2D eigenvalue weighted by atomic mass is 32.2. The molecule has 0 spiro atoms. The molecule has 8 heteroatoms. The summed E-state index contributed by atoms with van der Waals surface area (Å²) in [6.07, 6.45) is 1.59. The molecule has 2 heterocycles. The highest BCUT2D eigenvalue weighted by Crippen LogP contribution is 2.32. The molecule has 168 valence electrons. The number of hydrogen-bond donors (Lipinski definition) is 2. The Morgan fingerprint density at radius 3 is 2.61 bits per heavy atom. The Labute approximate surface area is 200 Å². The lowest BCUT2D eigenvalue weighted by molar-refractivity contribution is -0.118. The minimum absolute atomic E-state index is 0.0918. The zero-order chi connectivity index (χ0) is 23.4. The van der Waals surface area contributed by atoms with E-state index in [2.05, 4.69) is 46.5 Å². The fraction of sp³-hybridized carbons (Fsp3) is 0.200. The second kappa shape index (κ2) is 10.1. The fourth-order valence-electron chi connectivity index (χ4n) is 3.26. The van der Waals surface area contributed by atoms with Crippen molar-refractivity contribution in [3.63, 3.8) is 0 Å². The van der Waals surface area contributed by atoms with Crippen LogP contribution >= 0.6 is 23.1 Å². The Hall–Kier alpha value is -3.23. The van der Waals surface area contributed by atoms with Gasteiger partial charge in [0.1, 0.15) is 4.83 Å². The summed E-state index contributed by atoms with van der Waals surface area (Å²) in [6, 6.07) is 16.1. The molecule has 6 nitrogen and oxygen atoms in total. The van der Waals surface area contributed by atoms with Crippen LogP contribution in [-0.2, 0) is 4.79 Å². The van der Waals surface area contributed by atoms with E-state index in [9.17, 15) is 9.59 Å². The average molecular weight is 477 g/mol. The zero-order valence-corrected chi connectivity index (χ0v) is 20.2. The van der Waals surface area contributed by atoms with Crippen molar-refractivity contribution in [3.8, 4) is 11.1 Å². The van der Waals surface area contributed by atoms with E-state index >= 15 is 0 Å². The van der Waals surface area contributed by atoms with Gasteiger partial charge in [0.25, 0.3) is 11.5 Å². The Morgan fingerprint density at radius 1 is 1.18 bits per heavy atom. The van der Waals surface area contributed by atoms with Crippen LogP contribution in [0.1, 0.15) is 36.5 Å². The summed E-state index contributed by atoms with van der Waals surface area (Å²) < 4.78 is 0. The van der Waals surface area contributed by atoms with E-state index in [-0.39, 0.29) is 17.2 Å². The number of H-pyrrole nitrogens is 1. The number of rotatable bonds is 7. The SMILES string of the molecule is Cc1ccc(/C=N/NC(=O)CSc2nc3scc(-c4ccc(C(C)C)cc4)c3c(=O)[nH]2)cc1. The first-order chi connectivity index (χ1) is 15.9. The Balaban J connectivity index is 1.42. The topological polar surface area (TPSA) is 87.2 Å². The number of aryl methyl sites for hydroxylation is 1. The number of benzene rings is 2. The number of aromatic amines is 1. The molecule has 0 saturated heterocycles. The van der Waals surface area contributed by atoms with Crippen molar-refractivity contribution >= 4 is 45.4 Å². The summed E-state index contributed by atoms with van der Waals surface area (Å²) in [5.74, 6) is 0.269. The van der Waals surface area contributed by atoms with Gasteiger partial charge in [-0.05, 0) is 29.5 Å². The molecule has 4 aromatic rings. The minimum Gasteiger partial charge on any atom is -0.301 e. The van der Waals surface area contributed by atoms with Crippen LogP contribution in [0.3, 0.4) is 0 Å². The molecule has 0 aliphatic heterocycles. The third-order valence-electron chi connectivity index (χ3n) is 5.13. The predicted octanol–water partition coefficient (Wildman–Crippen LogP) is 5.33. The van der Waals surface area contributed by atoms with Crippen LogP contribution < -0.4 is 11.0 Å². The number of carbonyl (C=O) groups is 1. The van der Waals surface area contributed by atoms with E-state index < -0.39 is 0 Å². The Morgan fingerprint density at radius 2 is 1.91 bits per heavy atom. The van der Waals surface area contributed by atoms with E-state index in [1.54, 1.807) is 6.21 Å². The van der Waals surface area contributed by atoms with E-state index in [4.69, 9.17) is 0 Å². The number of carbonyl (C=O) groups excluding carboxylic acids is 1. The molecule has 0 aliphatic rings. The fourth-order valence-corrected chi connectivity index (χ4v) is 4.91. The first-order valence-corrected chi connectivity index (χ1v) is 12.4. The summed E-state index contributed by atoms with van der Waals surface area (Å²) in [5, 5.41) is 6.92. The number of thiophene rings is 1. The van der Waals surface area contributed by atoms with Gasteiger partial charge >= 0.3 is 0 Å². The number of amides is 1. The van der Waals surface area contributed by atoms with Crippen LogP contribution in [0.5, 0.6) is 0 Å². The van der Waals surface area contributed by atoms with Gasteiger partial charge in [0.2, 0.25) is 0 Å². The number of hydrazone groups is 1. The molecular weight excluding hydrogens is 452 g/mol. The first-order valence-electron chi connectivity index (χ1n) is 10.5. The van der Waals surface area contributed by atoms with Gasteiger partial charge in [-0.25, -0.2) is 10.4 Å². The molecule has 2 aromatic heterocycles. The number of hydrogen-bond acceptors (Lipinski definition) is 6. The van der Waals surface area contributed by atoms with Crippen LogP contribution in [0.4, 0.5) is 0 Å². The molecule has 33 heavy (non-hydrogen) atoms. The van der Waals surface area contributed by atoms with Gasteiger partial charge in [0, 0.05) is 10.9 Å². The highest BCUT2D eigenvalue weighted by molar-refractivity contribution is 7.99. The summed E-state index contributed by atoms with van der Waals surface area (Å²) in [4.78, 5) is 32.9. The van der Waals surface area contributed by atoms with Crippen molar-refractivity contribution in [1.29, 1.82) is 0 Å². The molecule has 0 saturated carbocycles. The Bertz CT molecular complexity index is 1350. The largest absolute Gasteiger partial charge is 0.301 e. The number of fused-ring (bicyclic) bond motifs is 1. The molecule has 1 amide bonds. The van der Waals surface area contributed by atoms with Crippen molar-refractivity contribution in [2.45, 2.75) is 31.8 Å². The molecule has 0 atom stereocenters. The van der Waals surface area contributed by atoms with Crippen molar-refractivity contribution in [1.82, 2.24) is 15.4 Å². The lowest BCUT2D eigenvalue weighted by Crippen LogP contribution is -2.20. The molecule has 2 aromatic carbocycles. The van der Waals surface area contributed by atoms with Crippen molar-refractivity contribution in [2.24, 2.45) is 5.10 Å². The number of nitrogens with zero attached hydrogens (tertiary/aromatic N) is 2. The van der Waals surface area contributed by atoms with Gasteiger partial charge in [0.05, 0.1) is 17.4 Å². The smallest absolute Gasteiger partial charge is 0.260 e. The van der Waals surface area contributed by atoms with Crippen molar-refractivity contribution in [3.05, 3.63) is 81.0 Å². The molecular formula is C25H24N4O2S2.